The summed E-state index contributed by atoms with van der Waals surface area (Å²) in [7, 11) is 0. The Hall–Kier alpha value is -1.21. The largest absolute Gasteiger partial charge is 0.427 e. The summed E-state index contributed by atoms with van der Waals surface area (Å²) in [6.07, 6.45) is 9.76. The van der Waals surface area contributed by atoms with Gasteiger partial charge in [-0.2, -0.15) is 0 Å². The summed E-state index contributed by atoms with van der Waals surface area (Å²) in [6.45, 7) is 2.20. The normalized spacial score (nSPS) is 25.6. The van der Waals surface area contributed by atoms with Crippen LogP contribution in [0.3, 0.4) is 0 Å². The van der Waals surface area contributed by atoms with E-state index in [-0.39, 0.29) is 39.3 Å². The molecule has 7 heteroatoms. The lowest BCUT2D eigenvalue weighted by Gasteiger charge is -2.29. The second kappa shape index (κ2) is 11.6. The first-order valence-corrected chi connectivity index (χ1v) is 13.2. The van der Waals surface area contributed by atoms with Gasteiger partial charge in [0.15, 0.2) is 0 Å². The highest BCUT2D eigenvalue weighted by atomic mass is 79.9. The number of carbonyl (C=O) groups is 3. The number of benzene rings is 1. The third-order valence-electron chi connectivity index (χ3n) is 6.22. The molecule has 3 rings (SSSR count). The molecule has 170 valence electrons. The number of carbonyl (C=O) groups excluding carboxylic acids is 3. The minimum atomic E-state index is -0.273. The molecule has 1 saturated carbocycles. The Kier molecular flexibility index (Phi) is 9.14. The summed E-state index contributed by atoms with van der Waals surface area (Å²) in [5.41, 5.74) is 0.536. The smallest absolute Gasteiger partial charge is 0.311 e. The van der Waals surface area contributed by atoms with E-state index in [0.717, 1.165) is 19.3 Å². The molecule has 5 nitrogen and oxygen atoms in total. The maximum absolute atomic E-state index is 12.9. The molecule has 1 saturated heterocycles. The van der Waals surface area contributed by atoms with Crippen LogP contribution >= 0.6 is 31.9 Å². The van der Waals surface area contributed by atoms with Crippen molar-refractivity contribution in [2.75, 3.05) is 4.90 Å². The lowest BCUT2D eigenvalue weighted by atomic mass is 9.81. The minimum absolute atomic E-state index is 0.137. The van der Waals surface area contributed by atoms with Crippen molar-refractivity contribution < 1.29 is 19.1 Å². The van der Waals surface area contributed by atoms with Crippen LogP contribution in [0, 0.1) is 11.8 Å². The molecule has 2 fully saturated rings. The van der Waals surface area contributed by atoms with Gasteiger partial charge in [-0.1, -0.05) is 77.3 Å². The van der Waals surface area contributed by atoms with E-state index in [9.17, 15) is 14.4 Å². The monoisotopic (exact) mass is 555 g/mol. The van der Waals surface area contributed by atoms with Crippen molar-refractivity contribution in [1.82, 2.24) is 0 Å². The van der Waals surface area contributed by atoms with Gasteiger partial charge in [0, 0.05) is 16.1 Å². The summed E-state index contributed by atoms with van der Waals surface area (Å²) in [4.78, 5) is 39.5. The number of anilines is 1. The van der Waals surface area contributed by atoms with Gasteiger partial charge in [0.1, 0.15) is 5.75 Å². The molecule has 0 N–H and O–H groups in total. The van der Waals surface area contributed by atoms with Crippen LogP contribution in [-0.4, -0.2) is 27.4 Å². The second-order valence-electron chi connectivity index (χ2n) is 8.57. The molecule has 0 radical (unpaired) electrons. The number of hydrogen-bond donors (Lipinski definition) is 0. The predicted molar refractivity (Wildman–Crippen MR) is 129 cm³/mol. The van der Waals surface area contributed by atoms with Gasteiger partial charge in [0.05, 0.1) is 17.5 Å². The van der Waals surface area contributed by atoms with Crippen molar-refractivity contribution in [2.45, 2.75) is 80.8 Å². The molecule has 2 aliphatic rings. The Labute approximate surface area is 201 Å². The zero-order chi connectivity index (χ0) is 22.4. The van der Waals surface area contributed by atoms with Crippen molar-refractivity contribution in [2.24, 2.45) is 11.8 Å². The Morgan fingerprint density at radius 1 is 0.903 bits per heavy atom. The second-order valence-corrected chi connectivity index (χ2v) is 10.9. The van der Waals surface area contributed by atoms with E-state index >= 15 is 0 Å². The third kappa shape index (κ3) is 6.19. The number of amides is 2. The quantitative estimate of drug-likeness (QED) is 0.114. The highest BCUT2D eigenvalue weighted by molar-refractivity contribution is 9.12. The predicted octanol–water partition coefficient (Wildman–Crippen LogP) is 6.16. The molecule has 1 aliphatic carbocycles. The number of imide groups is 1. The maximum atomic E-state index is 12.9. The third-order valence-corrected chi connectivity index (χ3v) is 8.96. The van der Waals surface area contributed by atoms with Crippen LogP contribution in [-0.2, 0) is 14.4 Å². The SMILES string of the molecule is CCCCCCCCCC(=O)Oc1ccc(N2C(=O)[C@H]3C[C@@H](Br)[C@@H](Br)C[C@H]3C2=O)cc1. The van der Waals surface area contributed by atoms with Gasteiger partial charge in [-0.3, -0.25) is 19.3 Å². The summed E-state index contributed by atoms with van der Waals surface area (Å²) in [5, 5.41) is 0. The molecule has 0 spiro atoms. The highest BCUT2D eigenvalue weighted by Crippen LogP contribution is 2.44. The molecular weight excluding hydrogens is 526 g/mol. The van der Waals surface area contributed by atoms with Crippen molar-refractivity contribution in [3.05, 3.63) is 24.3 Å². The number of rotatable bonds is 10. The van der Waals surface area contributed by atoms with E-state index in [1.54, 1.807) is 24.3 Å². The van der Waals surface area contributed by atoms with Crippen LogP contribution in [0.15, 0.2) is 24.3 Å². The first-order chi connectivity index (χ1) is 14.9. The average Bonchev–Trinajstić information content (AvgIpc) is 2.98. The Balaban J connectivity index is 1.49. The lowest BCUT2D eigenvalue weighted by molar-refractivity contribution is -0.134. The van der Waals surface area contributed by atoms with Crippen molar-refractivity contribution >= 4 is 55.3 Å². The van der Waals surface area contributed by atoms with Crippen molar-refractivity contribution in [3.63, 3.8) is 0 Å². The zero-order valence-electron chi connectivity index (χ0n) is 18.0. The Morgan fingerprint density at radius 2 is 1.42 bits per heavy atom. The van der Waals surface area contributed by atoms with Crippen LogP contribution in [0.5, 0.6) is 5.75 Å². The molecule has 4 atom stereocenters. The first kappa shape index (κ1) is 24.4. The number of fused-ring (bicyclic) bond motifs is 1. The minimum Gasteiger partial charge on any atom is -0.427 e. The van der Waals surface area contributed by atoms with E-state index in [2.05, 4.69) is 38.8 Å². The summed E-state index contributed by atoms with van der Waals surface area (Å²) in [6, 6.07) is 6.67. The van der Waals surface area contributed by atoms with Gasteiger partial charge in [-0.25, -0.2) is 0 Å². The molecule has 1 heterocycles. The molecule has 1 aromatic rings. The van der Waals surface area contributed by atoms with Crippen LogP contribution in [0.4, 0.5) is 5.69 Å². The number of halogens is 2. The average molecular weight is 557 g/mol. The maximum Gasteiger partial charge on any atom is 0.311 e. The molecule has 1 aliphatic heterocycles. The van der Waals surface area contributed by atoms with E-state index in [0.29, 0.717) is 30.7 Å². The summed E-state index contributed by atoms with van der Waals surface area (Å²) >= 11 is 7.21. The molecular formula is C24H31Br2NO4. The van der Waals surface area contributed by atoms with E-state index in [4.69, 9.17) is 4.74 Å². The standard InChI is InChI=1S/C24H31Br2NO4/c1-2-3-4-5-6-7-8-9-22(28)31-17-12-10-16(11-13-17)27-23(29)18-14-20(25)21(26)15-19(18)24(27)30/h10-13,18-21H,2-9,14-15H2,1H3/t18-,19+,20+,21-. The number of hydrogen-bond acceptors (Lipinski definition) is 4. The fourth-order valence-corrected chi connectivity index (χ4v) is 5.66. The van der Waals surface area contributed by atoms with Gasteiger partial charge in [0.2, 0.25) is 11.8 Å². The van der Waals surface area contributed by atoms with E-state index in [1.165, 1.54) is 30.6 Å². The molecule has 0 aromatic heterocycles. The number of ether oxygens (including phenoxy) is 1. The van der Waals surface area contributed by atoms with Crippen LogP contribution < -0.4 is 9.64 Å². The lowest BCUT2D eigenvalue weighted by Crippen LogP contribution is -2.34. The molecule has 0 unspecified atom stereocenters. The fourth-order valence-electron chi connectivity index (χ4n) is 4.42. The van der Waals surface area contributed by atoms with Crippen LogP contribution in [0.25, 0.3) is 0 Å². The fraction of sp³-hybridized carbons (Fsp3) is 0.625. The number of alkyl halides is 2. The molecule has 2 amide bonds. The van der Waals surface area contributed by atoms with Gasteiger partial charge in [0.25, 0.3) is 0 Å². The topological polar surface area (TPSA) is 63.7 Å². The van der Waals surface area contributed by atoms with E-state index < -0.39 is 0 Å². The van der Waals surface area contributed by atoms with Gasteiger partial charge in [-0.15, -0.1) is 0 Å². The highest BCUT2D eigenvalue weighted by Gasteiger charge is 2.52. The summed E-state index contributed by atoms with van der Waals surface area (Å²) < 4.78 is 5.41. The van der Waals surface area contributed by atoms with Crippen LogP contribution in [0.1, 0.15) is 71.1 Å². The number of esters is 1. The number of unbranched alkanes of at least 4 members (excludes halogenated alkanes) is 6. The Bertz CT molecular complexity index is 754. The number of nitrogens with zero attached hydrogens (tertiary/aromatic N) is 1. The van der Waals surface area contributed by atoms with Gasteiger partial charge < -0.3 is 4.74 Å². The van der Waals surface area contributed by atoms with Gasteiger partial charge >= 0.3 is 5.97 Å². The molecule has 31 heavy (non-hydrogen) atoms. The van der Waals surface area contributed by atoms with Crippen LogP contribution in [0.2, 0.25) is 0 Å². The first-order valence-electron chi connectivity index (χ1n) is 11.4. The van der Waals surface area contributed by atoms with E-state index in [1.807, 2.05) is 0 Å². The van der Waals surface area contributed by atoms with Crippen molar-refractivity contribution in [1.29, 1.82) is 0 Å². The van der Waals surface area contributed by atoms with Crippen molar-refractivity contribution in [3.8, 4) is 5.75 Å². The molecule has 0 bridgehead atoms. The summed E-state index contributed by atoms with van der Waals surface area (Å²) in [5.74, 6) is -0.623. The molecule has 1 aromatic carbocycles. The van der Waals surface area contributed by atoms with Gasteiger partial charge in [-0.05, 0) is 43.5 Å². The zero-order valence-corrected chi connectivity index (χ0v) is 21.2. The Morgan fingerprint density at radius 3 is 1.97 bits per heavy atom.